The van der Waals surface area contributed by atoms with Gasteiger partial charge in [-0.2, -0.15) is 4.98 Å². The minimum Gasteiger partial charge on any atom is -0.480 e. The second-order valence-electron chi connectivity index (χ2n) is 5.82. The Labute approximate surface area is 148 Å². The Bertz CT molecular complexity index is 893. The minimum absolute atomic E-state index is 0.0778. The summed E-state index contributed by atoms with van der Waals surface area (Å²) in [6.45, 7) is 1.22. The van der Waals surface area contributed by atoms with E-state index < -0.39 is 11.2 Å². The molecule has 2 aromatic heterocycles. The summed E-state index contributed by atoms with van der Waals surface area (Å²) in [5.41, 5.74) is -0.984. The first-order valence-electron chi connectivity index (χ1n) is 8.15. The van der Waals surface area contributed by atoms with Crippen LogP contribution in [0.4, 0.5) is 0 Å². The fourth-order valence-corrected chi connectivity index (χ4v) is 2.70. The maximum Gasteiger partial charge on any atom is 0.328 e. The summed E-state index contributed by atoms with van der Waals surface area (Å²) < 4.78 is 12.1. The molecule has 0 spiro atoms. The monoisotopic (exact) mass is 361 g/mol. The molecular formula is C16H19N5O5. The number of methoxy groups -OCH3 is 1. The van der Waals surface area contributed by atoms with Gasteiger partial charge in [-0.25, -0.2) is 4.79 Å². The highest BCUT2D eigenvalue weighted by molar-refractivity contribution is 5.76. The van der Waals surface area contributed by atoms with E-state index in [0.29, 0.717) is 31.3 Å². The number of nitrogens with one attached hydrogen (secondary N) is 1. The van der Waals surface area contributed by atoms with Crippen molar-refractivity contribution >= 4 is 5.91 Å². The van der Waals surface area contributed by atoms with Gasteiger partial charge in [-0.3, -0.25) is 19.6 Å². The number of aryl methyl sites for hydroxylation is 1. The van der Waals surface area contributed by atoms with Crippen LogP contribution in [-0.4, -0.2) is 56.6 Å². The number of ether oxygens (including phenoxy) is 2. The van der Waals surface area contributed by atoms with Crippen LogP contribution >= 0.6 is 0 Å². The minimum atomic E-state index is -0.524. The van der Waals surface area contributed by atoms with E-state index in [4.69, 9.17) is 9.47 Å². The molecule has 3 heterocycles. The summed E-state index contributed by atoms with van der Waals surface area (Å²) in [7, 11) is 1.50. The SMILES string of the molecule is COc1cncc(OC2CCN(C(=O)CCn3ccc(=O)[nH]c3=O)C2)n1. The maximum absolute atomic E-state index is 12.3. The smallest absolute Gasteiger partial charge is 0.328 e. The van der Waals surface area contributed by atoms with Gasteiger partial charge in [0.05, 0.1) is 26.0 Å². The molecule has 1 aliphatic rings. The molecule has 0 aliphatic carbocycles. The predicted octanol–water partition coefficient (Wildman–Crippen LogP) is -0.595. The molecule has 1 aliphatic heterocycles. The summed E-state index contributed by atoms with van der Waals surface area (Å²) in [6.07, 6.45) is 5.04. The van der Waals surface area contributed by atoms with Crippen molar-refractivity contribution < 1.29 is 14.3 Å². The molecule has 2 aromatic rings. The number of aromatic amines is 1. The standard InChI is InChI=1S/C16H19N5O5/c1-25-13-8-17-9-14(19-13)26-11-2-5-21(10-11)15(23)4-7-20-6-3-12(22)18-16(20)24/h3,6,8-9,11H,2,4-5,7,10H2,1H3,(H,18,22,24). The van der Waals surface area contributed by atoms with Crippen molar-refractivity contribution in [1.82, 2.24) is 24.4 Å². The summed E-state index contributed by atoms with van der Waals surface area (Å²) in [5, 5.41) is 0. The van der Waals surface area contributed by atoms with Crippen molar-refractivity contribution in [2.24, 2.45) is 0 Å². The third-order valence-electron chi connectivity index (χ3n) is 4.05. The van der Waals surface area contributed by atoms with Crippen molar-refractivity contribution in [3.05, 3.63) is 45.5 Å². The first-order chi connectivity index (χ1) is 12.5. The number of hydrogen-bond acceptors (Lipinski definition) is 7. The van der Waals surface area contributed by atoms with Gasteiger partial charge >= 0.3 is 5.69 Å². The second kappa shape index (κ2) is 7.81. The molecule has 26 heavy (non-hydrogen) atoms. The number of carbonyl (C=O) groups is 1. The van der Waals surface area contributed by atoms with E-state index in [9.17, 15) is 14.4 Å². The number of rotatable bonds is 6. The van der Waals surface area contributed by atoms with Crippen LogP contribution in [0.3, 0.4) is 0 Å². The van der Waals surface area contributed by atoms with Crippen molar-refractivity contribution in [2.45, 2.75) is 25.5 Å². The van der Waals surface area contributed by atoms with Crippen LogP contribution in [0.1, 0.15) is 12.8 Å². The Kier molecular flexibility index (Phi) is 5.30. The van der Waals surface area contributed by atoms with E-state index in [1.807, 2.05) is 0 Å². The van der Waals surface area contributed by atoms with Gasteiger partial charge in [0, 0.05) is 38.2 Å². The third kappa shape index (κ3) is 4.26. The first kappa shape index (κ1) is 17.6. The molecule has 1 unspecified atom stereocenters. The average Bonchev–Trinajstić information content (AvgIpc) is 3.09. The van der Waals surface area contributed by atoms with E-state index in [1.165, 1.54) is 36.3 Å². The van der Waals surface area contributed by atoms with Crippen LogP contribution in [0.25, 0.3) is 0 Å². The van der Waals surface area contributed by atoms with Gasteiger partial charge in [0.1, 0.15) is 6.10 Å². The van der Waals surface area contributed by atoms with Gasteiger partial charge in [0.15, 0.2) is 0 Å². The summed E-state index contributed by atoms with van der Waals surface area (Å²) >= 11 is 0. The molecule has 10 heteroatoms. The maximum atomic E-state index is 12.3. The molecule has 1 N–H and O–H groups in total. The van der Waals surface area contributed by atoms with Crippen molar-refractivity contribution in [1.29, 1.82) is 0 Å². The first-order valence-corrected chi connectivity index (χ1v) is 8.15. The van der Waals surface area contributed by atoms with Gasteiger partial charge in [-0.1, -0.05) is 0 Å². The molecule has 0 saturated carbocycles. The van der Waals surface area contributed by atoms with Gasteiger partial charge in [0.25, 0.3) is 5.56 Å². The highest BCUT2D eigenvalue weighted by Gasteiger charge is 2.27. The van der Waals surface area contributed by atoms with Crippen LogP contribution in [0.15, 0.2) is 34.2 Å². The van der Waals surface area contributed by atoms with E-state index in [-0.39, 0.29) is 25.0 Å². The molecule has 3 rings (SSSR count). The number of carbonyl (C=O) groups excluding carboxylic acids is 1. The number of aromatic nitrogens is 4. The normalized spacial score (nSPS) is 16.5. The van der Waals surface area contributed by atoms with Crippen LogP contribution in [0.5, 0.6) is 11.8 Å². The second-order valence-corrected chi connectivity index (χ2v) is 5.82. The Morgan fingerprint density at radius 1 is 1.35 bits per heavy atom. The van der Waals surface area contributed by atoms with Gasteiger partial charge < -0.3 is 18.9 Å². The average molecular weight is 361 g/mol. The lowest BCUT2D eigenvalue weighted by atomic mass is 10.3. The lowest BCUT2D eigenvalue weighted by Gasteiger charge is -2.17. The largest absolute Gasteiger partial charge is 0.480 e. The molecule has 1 amide bonds. The van der Waals surface area contributed by atoms with E-state index >= 15 is 0 Å². The van der Waals surface area contributed by atoms with Crippen LogP contribution in [0, 0.1) is 0 Å². The Morgan fingerprint density at radius 2 is 2.15 bits per heavy atom. The predicted molar refractivity (Wildman–Crippen MR) is 90.1 cm³/mol. The van der Waals surface area contributed by atoms with Crippen molar-refractivity contribution in [3.8, 4) is 11.8 Å². The van der Waals surface area contributed by atoms with Gasteiger partial charge in [0.2, 0.25) is 17.7 Å². The highest BCUT2D eigenvalue weighted by Crippen LogP contribution is 2.18. The third-order valence-corrected chi connectivity index (χ3v) is 4.05. The number of likely N-dealkylation sites (tertiary alicyclic amines) is 1. The zero-order valence-electron chi connectivity index (χ0n) is 14.3. The molecule has 138 valence electrons. The molecule has 10 nitrogen and oxygen atoms in total. The van der Waals surface area contributed by atoms with E-state index in [0.717, 1.165) is 0 Å². The number of H-pyrrole nitrogens is 1. The number of nitrogens with zero attached hydrogens (tertiary/aromatic N) is 4. The van der Waals surface area contributed by atoms with Crippen molar-refractivity contribution in [3.63, 3.8) is 0 Å². The quantitative estimate of drug-likeness (QED) is 0.730. The fraction of sp³-hybridized carbons (Fsp3) is 0.438. The van der Waals surface area contributed by atoms with Crippen LogP contribution in [-0.2, 0) is 11.3 Å². The van der Waals surface area contributed by atoms with E-state index in [2.05, 4.69) is 15.0 Å². The molecule has 1 atom stereocenters. The molecule has 1 fully saturated rings. The Balaban J connectivity index is 1.52. The van der Waals surface area contributed by atoms with Gasteiger partial charge in [-0.05, 0) is 0 Å². The topological polar surface area (TPSA) is 119 Å². The fourth-order valence-electron chi connectivity index (χ4n) is 2.70. The summed E-state index contributed by atoms with van der Waals surface area (Å²) in [6, 6.07) is 1.25. The molecule has 0 bridgehead atoms. The highest BCUT2D eigenvalue weighted by atomic mass is 16.5. The van der Waals surface area contributed by atoms with Crippen LogP contribution < -0.4 is 20.7 Å². The zero-order valence-corrected chi connectivity index (χ0v) is 14.3. The lowest BCUT2D eigenvalue weighted by molar-refractivity contribution is -0.130. The lowest BCUT2D eigenvalue weighted by Crippen LogP contribution is -2.34. The molecular weight excluding hydrogens is 342 g/mol. The van der Waals surface area contributed by atoms with Crippen LogP contribution in [0.2, 0.25) is 0 Å². The molecule has 1 saturated heterocycles. The van der Waals surface area contributed by atoms with Crippen molar-refractivity contribution in [2.75, 3.05) is 20.2 Å². The Morgan fingerprint density at radius 3 is 2.92 bits per heavy atom. The number of amides is 1. The summed E-state index contributed by atoms with van der Waals surface area (Å²) in [5.74, 6) is 0.633. The Hall–Kier alpha value is -3.17. The zero-order chi connectivity index (χ0) is 18.5. The number of hydrogen-bond donors (Lipinski definition) is 1. The van der Waals surface area contributed by atoms with Gasteiger partial charge in [-0.15, -0.1) is 0 Å². The van der Waals surface area contributed by atoms with E-state index in [1.54, 1.807) is 4.90 Å². The molecule has 0 radical (unpaired) electrons. The molecule has 0 aromatic carbocycles. The summed E-state index contributed by atoms with van der Waals surface area (Å²) in [4.78, 5) is 47.0.